The highest BCUT2D eigenvalue weighted by atomic mass is 19.1. The zero-order valence-electron chi connectivity index (χ0n) is 10.3. The van der Waals surface area contributed by atoms with Crippen molar-refractivity contribution in [2.45, 2.75) is 26.7 Å². The summed E-state index contributed by atoms with van der Waals surface area (Å²) < 4.78 is 13.1. The number of nitrogens with one attached hydrogen (secondary N) is 1. The van der Waals surface area contributed by atoms with Crippen molar-refractivity contribution in [3.63, 3.8) is 0 Å². The first-order valence-corrected chi connectivity index (χ1v) is 5.90. The number of aromatic hydroxyl groups is 1. The van der Waals surface area contributed by atoms with Gasteiger partial charge < -0.3 is 15.5 Å². The van der Waals surface area contributed by atoms with E-state index in [2.05, 4.69) is 5.32 Å². The predicted molar refractivity (Wildman–Crippen MR) is 66.7 cm³/mol. The average Bonchev–Trinajstić information content (AvgIpc) is 2.36. The molecule has 0 aliphatic heterocycles. The van der Waals surface area contributed by atoms with Crippen LogP contribution in [-0.4, -0.2) is 23.4 Å². The Morgan fingerprint density at radius 1 is 1.29 bits per heavy atom. The van der Waals surface area contributed by atoms with E-state index in [0.717, 1.165) is 12.8 Å². The van der Waals surface area contributed by atoms with E-state index in [1.165, 1.54) is 12.1 Å². The smallest absolute Gasteiger partial charge is 0.166 e. The van der Waals surface area contributed by atoms with Crippen molar-refractivity contribution >= 4 is 5.69 Å². The summed E-state index contributed by atoms with van der Waals surface area (Å²) in [6.45, 7) is 4.74. The van der Waals surface area contributed by atoms with E-state index >= 15 is 0 Å². The van der Waals surface area contributed by atoms with Crippen LogP contribution in [0.3, 0.4) is 0 Å². The summed E-state index contributed by atoms with van der Waals surface area (Å²) in [7, 11) is 0. The van der Waals surface area contributed by atoms with Crippen molar-refractivity contribution in [3.05, 3.63) is 24.0 Å². The molecule has 1 rings (SSSR count). The lowest BCUT2D eigenvalue weighted by Crippen LogP contribution is -2.32. The first-order valence-electron chi connectivity index (χ1n) is 5.90. The molecule has 96 valence electrons. The van der Waals surface area contributed by atoms with Crippen LogP contribution in [0.2, 0.25) is 0 Å². The van der Waals surface area contributed by atoms with Gasteiger partial charge in [0, 0.05) is 23.7 Å². The molecule has 0 radical (unpaired) electrons. The summed E-state index contributed by atoms with van der Waals surface area (Å²) in [6.07, 6.45) is 1.71. The van der Waals surface area contributed by atoms with Crippen LogP contribution < -0.4 is 5.32 Å². The minimum Gasteiger partial charge on any atom is -0.505 e. The van der Waals surface area contributed by atoms with E-state index in [1.807, 2.05) is 13.8 Å². The van der Waals surface area contributed by atoms with Crippen LogP contribution in [0, 0.1) is 11.2 Å². The average molecular weight is 241 g/mol. The van der Waals surface area contributed by atoms with Gasteiger partial charge in [0.25, 0.3) is 0 Å². The van der Waals surface area contributed by atoms with E-state index in [4.69, 9.17) is 5.11 Å². The second kappa shape index (κ2) is 5.87. The maximum absolute atomic E-state index is 13.1. The highest BCUT2D eigenvalue weighted by molar-refractivity contribution is 5.47. The minimum absolute atomic E-state index is 0.105. The Bertz CT molecular complexity index is 356. The summed E-state index contributed by atoms with van der Waals surface area (Å²) in [6, 6.07) is 4.19. The Labute approximate surface area is 101 Å². The van der Waals surface area contributed by atoms with Crippen molar-refractivity contribution in [2.75, 3.05) is 18.5 Å². The fourth-order valence-corrected chi connectivity index (χ4v) is 1.69. The maximum atomic E-state index is 13.1. The standard InChI is InChI=1S/C13H20FNO2/c1-3-13(4-2,9-16)8-15-10-5-6-12(17)11(14)7-10/h5-7,15-17H,3-4,8-9H2,1-2H3. The summed E-state index contributed by atoms with van der Waals surface area (Å²) in [5.74, 6) is -0.993. The van der Waals surface area contributed by atoms with Crippen LogP contribution in [0.5, 0.6) is 5.75 Å². The van der Waals surface area contributed by atoms with Gasteiger partial charge >= 0.3 is 0 Å². The van der Waals surface area contributed by atoms with Crippen LogP contribution in [0.1, 0.15) is 26.7 Å². The first-order chi connectivity index (χ1) is 8.06. The third-order valence-electron chi connectivity index (χ3n) is 3.45. The van der Waals surface area contributed by atoms with E-state index in [1.54, 1.807) is 6.07 Å². The molecule has 0 aromatic heterocycles. The fourth-order valence-electron chi connectivity index (χ4n) is 1.69. The summed E-state index contributed by atoms with van der Waals surface area (Å²) in [5, 5.41) is 21.6. The molecule has 0 saturated heterocycles. The topological polar surface area (TPSA) is 52.5 Å². The molecule has 0 heterocycles. The highest BCUT2D eigenvalue weighted by Gasteiger charge is 2.24. The Balaban J connectivity index is 2.68. The Morgan fingerprint density at radius 3 is 2.41 bits per heavy atom. The third kappa shape index (κ3) is 3.33. The number of hydrogen-bond acceptors (Lipinski definition) is 3. The number of benzene rings is 1. The van der Waals surface area contributed by atoms with Gasteiger partial charge in [0.2, 0.25) is 0 Å². The molecule has 1 aromatic rings. The van der Waals surface area contributed by atoms with Gasteiger partial charge in [0.15, 0.2) is 11.6 Å². The molecule has 0 unspecified atom stereocenters. The van der Waals surface area contributed by atoms with Gasteiger partial charge in [-0.05, 0) is 25.0 Å². The molecule has 0 fully saturated rings. The maximum Gasteiger partial charge on any atom is 0.166 e. The molecule has 0 aliphatic rings. The third-order valence-corrected chi connectivity index (χ3v) is 3.45. The second-order valence-electron chi connectivity index (χ2n) is 4.38. The largest absolute Gasteiger partial charge is 0.505 e. The van der Waals surface area contributed by atoms with Crippen LogP contribution >= 0.6 is 0 Å². The monoisotopic (exact) mass is 241 g/mol. The van der Waals surface area contributed by atoms with Crippen LogP contribution in [0.15, 0.2) is 18.2 Å². The van der Waals surface area contributed by atoms with Crippen molar-refractivity contribution in [1.29, 1.82) is 0 Å². The molecule has 3 nitrogen and oxygen atoms in total. The highest BCUT2D eigenvalue weighted by Crippen LogP contribution is 2.27. The zero-order valence-corrected chi connectivity index (χ0v) is 10.3. The van der Waals surface area contributed by atoms with E-state index < -0.39 is 5.82 Å². The quantitative estimate of drug-likeness (QED) is 0.671. The number of anilines is 1. The molecule has 0 spiro atoms. The molecular formula is C13H20FNO2. The van der Waals surface area contributed by atoms with Gasteiger partial charge in [-0.2, -0.15) is 0 Å². The Hall–Kier alpha value is -1.29. The molecule has 0 amide bonds. The second-order valence-corrected chi connectivity index (χ2v) is 4.38. The number of phenolic OH excluding ortho intramolecular Hbond substituents is 1. The van der Waals surface area contributed by atoms with Crippen molar-refractivity contribution in [2.24, 2.45) is 5.41 Å². The van der Waals surface area contributed by atoms with Crippen molar-refractivity contribution < 1.29 is 14.6 Å². The van der Waals surface area contributed by atoms with Gasteiger partial charge in [0.05, 0.1) is 6.61 Å². The first kappa shape index (κ1) is 13.8. The van der Waals surface area contributed by atoms with Gasteiger partial charge in [-0.15, -0.1) is 0 Å². The van der Waals surface area contributed by atoms with Crippen molar-refractivity contribution in [1.82, 2.24) is 0 Å². The van der Waals surface area contributed by atoms with Crippen LogP contribution in [0.25, 0.3) is 0 Å². The lowest BCUT2D eigenvalue weighted by Gasteiger charge is -2.30. The van der Waals surface area contributed by atoms with Crippen molar-refractivity contribution in [3.8, 4) is 5.75 Å². The van der Waals surface area contributed by atoms with E-state index in [-0.39, 0.29) is 17.8 Å². The van der Waals surface area contributed by atoms with Gasteiger partial charge in [-0.3, -0.25) is 0 Å². The van der Waals surface area contributed by atoms with Gasteiger partial charge in [0.1, 0.15) is 0 Å². The minimum atomic E-state index is -0.641. The summed E-state index contributed by atoms with van der Waals surface area (Å²) in [4.78, 5) is 0. The number of rotatable bonds is 6. The molecule has 1 aromatic carbocycles. The van der Waals surface area contributed by atoms with E-state index in [0.29, 0.717) is 12.2 Å². The number of aliphatic hydroxyl groups is 1. The number of hydrogen-bond donors (Lipinski definition) is 3. The lowest BCUT2D eigenvalue weighted by molar-refractivity contribution is 0.127. The molecule has 17 heavy (non-hydrogen) atoms. The molecular weight excluding hydrogens is 221 g/mol. The molecule has 0 atom stereocenters. The number of halogens is 1. The SMILES string of the molecule is CCC(CC)(CO)CNc1ccc(O)c(F)c1. The molecule has 3 N–H and O–H groups in total. The van der Waals surface area contributed by atoms with Crippen LogP contribution in [-0.2, 0) is 0 Å². The summed E-state index contributed by atoms with van der Waals surface area (Å²) in [5.41, 5.74) is 0.439. The Morgan fingerprint density at radius 2 is 1.94 bits per heavy atom. The van der Waals surface area contributed by atoms with E-state index in [9.17, 15) is 9.50 Å². The predicted octanol–water partition coefficient (Wildman–Crippen LogP) is 2.74. The normalized spacial score (nSPS) is 11.5. The molecule has 0 saturated carbocycles. The summed E-state index contributed by atoms with van der Waals surface area (Å²) >= 11 is 0. The van der Waals surface area contributed by atoms with Crippen LogP contribution in [0.4, 0.5) is 10.1 Å². The molecule has 4 heteroatoms. The lowest BCUT2D eigenvalue weighted by atomic mass is 9.83. The zero-order chi connectivity index (χ0) is 12.9. The fraction of sp³-hybridized carbons (Fsp3) is 0.538. The Kier molecular flexibility index (Phi) is 4.75. The van der Waals surface area contributed by atoms with Gasteiger partial charge in [-0.25, -0.2) is 4.39 Å². The van der Waals surface area contributed by atoms with Gasteiger partial charge in [-0.1, -0.05) is 13.8 Å². The molecule has 0 aliphatic carbocycles. The molecule has 0 bridgehead atoms. The number of aliphatic hydroxyl groups excluding tert-OH is 1. The number of phenols is 1.